The minimum Gasteiger partial charge on any atom is -0.299 e. The summed E-state index contributed by atoms with van der Waals surface area (Å²) in [6.07, 6.45) is 6.20. The number of nitrogens with zero attached hydrogens (tertiary/aromatic N) is 3. The fourth-order valence-electron chi connectivity index (χ4n) is 3.42. The van der Waals surface area contributed by atoms with E-state index in [0.29, 0.717) is 11.4 Å². The van der Waals surface area contributed by atoms with E-state index in [1.54, 1.807) is 12.1 Å². The summed E-state index contributed by atoms with van der Waals surface area (Å²) in [7, 11) is 0. The second-order valence-electron chi connectivity index (χ2n) is 7.26. The third kappa shape index (κ3) is 5.34. The molecular weight excluding hydrogens is 325 g/mol. The zero-order chi connectivity index (χ0) is 19.1. The Kier molecular flexibility index (Phi) is 7.70. The van der Waals surface area contributed by atoms with Crippen molar-refractivity contribution < 1.29 is 4.39 Å². The van der Waals surface area contributed by atoms with E-state index >= 15 is 0 Å². The van der Waals surface area contributed by atoms with Crippen molar-refractivity contribution in [2.75, 3.05) is 13.1 Å². The molecule has 0 amide bonds. The summed E-state index contributed by atoms with van der Waals surface area (Å²) in [5.74, 6) is 1.81. The molecule has 0 saturated carbocycles. The predicted octanol–water partition coefficient (Wildman–Crippen LogP) is 5.49. The molecule has 0 unspecified atom stereocenters. The van der Waals surface area contributed by atoms with Gasteiger partial charge in [0.1, 0.15) is 5.82 Å². The van der Waals surface area contributed by atoms with Gasteiger partial charge in [0.15, 0.2) is 5.82 Å². The van der Waals surface area contributed by atoms with Crippen LogP contribution in [0.15, 0.2) is 30.6 Å². The Bertz CT molecular complexity index is 674. The molecule has 0 aliphatic carbocycles. The van der Waals surface area contributed by atoms with Crippen LogP contribution in [0.3, 0.4) is 0 Å². The Labute approximate surface area is 157 Å². The first-order valence-electron chi connectivity index (χ1n) is 9.82. The quantitative estimate of drug-likeness (QED) is 0.725. The number of aromatic nitrogens is 2. The Morgan fingerprint density at radius 2 is 1.73 bits per heavy atom. The molecule has 2 aromatic rings. The number of rotatable bonds is 4. The fraction of sp³-hybridized carbons (Fsp3) is 0.545. The zero-order valence-electron chi connectivity index (χ0n) is 16.8. The summed E-state index contributed by atoms with van der Waals surface area (Å²) < 4.78 is 13.9. The lowest BCUT2D eigenvalue weighted by molar-refractivity contribution is 0.152. The monoisotopic (exact) mass is 357 g/mol. The maximum absolute atomic E-state index is 13.9. The Morgan fingerprint density at radius 3 is 2.31 bits per heavy atom. The molecular formula is C22H32FN3. The Hall–Kier alpha value is -1.81. The van der Waals surface area contributed by atoms with Crippen LogP contribution in [0, 0.1) is 24.6 Å². The second-order valence-corrected chi connectivity index (χ2v) is 7.26. The maximum Gasteiger partial charge on any atom is 0.162 e. The normalized spacial score (nSPS) is 15.7. The van der Waals surface area contributed by atoms with E-state index in [9.17, 15) is 4.39 Å². The van der Waals surface area contributed by atoms with Crippen molar-refractivity contribution >= 4 is 0 Å². The first-order valence-corrected chi connectivity index (χ1v) is 9.82. The number of halogens is 1. The van der Waals surface area contributed by atoms with Gasteiger partial charge in [-0.15, -0.1) is 0 Å². The highest BCUT2D eigenvalue weighted by atomic mass is 19.1. The number of hydrogen-bond acceptors (Lipinski definition) is 3. The molecule has 1 fully saturated rings. The lowest BCUT2D eigenvalue weighted by Gasteiger charge is -2.33. The summed E-state index contributed by atoms with van der Waals surface area (Å²) in [5, 5.41) is 0. The lowest BCUT2D eigenvalue weighted by Crippen LogP contribution is -2.34. The topological polar surface area (TPSA) is 29.0 Å². The van der Waals surface area contributed by atoms with Gasteiger partial charge in [0.2, 0.25) is 0 Å². The van der Waals surface area contributed by atoms with E-state index in [-0.39, 0.29) is 5.82 Å². The zero-order valence-corrected chi connectivity index (χ0v) is 16.8. The van der Waals surface area contributed by atoms with Crippen molar-refractivity contribution in [1.82, 2.24) is 14.9 Å². The van der Waals surface area contributed by atoms with E-state index in [1.165, 1.54) is 18.9 Å². The third-order valence-corrected chi connectivity index (χ3v) is 5.05. The summed E-state index contributed by atoms with van der Waals surface area (Å²) in [4.78, 5) is 11.2. The molecule has 142 valence electrons. The summed E-state index contributed by atoms with van der Waals surface area (Å²) >= 11 is 0. The summed E-state index contributed by atoms with van der Waals surface area (Å²) in [6.45, 7) is 13.7. The predicted molar refractivity (Wildman–Crippen MR) is 106 cm³/mol. The van der Waals surface area contributed by atoms with Crippen molar-refractivity contribution in [2.24, 2.45) is 11.8 Å². The number of hydrogen-bond donors (Lipinski definition) is 0. The van der Waals surface area contributed by atoms with Crippen LogP contribution in [0.1, 0.15) is 51.7 Å². The van der Waals surface area contributed by atoms with Crippen LogP contribution in [0.2, 0.25) is 0 Å². The molecule has 0 spiro atoms. The second kappa shape index (κ2) is 9.77. The van der Waals surface area contributed by atoms with E-state index in [2.05, 4.69) is 28.7 Å². The smallest absolute Gasteiger partial charge is 0.162 e. The molecule has 26 heavy (non-hydrogen) atoms. The molecule has 3 rings (SSSR count). The van der Waals surface area contributed by atoms with Gasteiger partial charge in [0, 0.05) is 24.5 Å². The number of likely N-dealkylation sites (tertiary alicyclic amines) is 1. The minimum absolute atomic E-state index is 0.274. The van der Waals surface area contributed by atoms with E-state index in [0.717, 1.165) is 42.6 Å². The Morgan fingerprint density at radius 1 is 1.12 bits per heavy atom. The van der Waals surface area contributed by atoms with Gasteiger partial charge in [0.05, 0.1) is 5.56 Å². The molecule has 0 bridgehead atoms. The molecule has 1 aliphatic heterocycles. The van der Waals surface area contributed by atoms with Crippen molar-refractivity contribution in [3.63, 3.8) is 0 Å². The van der Waals surface area contributed by atoms with Crippen LogP contribution in [0.5, 0.6) is 0 Å². The largest absolute Gasteiger partial charge is 0.299 e. The highest BCUT2D eigenvalue weighted by Gasteiger charge is 2.21. The van der Waals surface area contributed by atoms with Crippen LogP contribution in [0.25, 0.3) is 11.4 Å². The molecule has 1 aromatic carbocycles. The van der Waals surface area contributed by atoms with E-state index in [1.807, 2.05) is 33.2 Å². The van der Waals surface area contributed by atoms with Gasteiger partial charge in [0.25, 0.3) is 0 Å². The SMILES string of the molecule is CC.Cc1ccc(F)c(-c2ncc(CN3CCC(C(C)C)CC3)cn2)c1. The van der Waals surface area contributed by atoms with Crippen molar-refractivity contribution in [3.8, 4) is 11.4 Å². The molecule has 4 heteroatoms. The molecule has 0 atom stereocenters. The molecule has 0 radical (unpaired) electrons. The first-order chi connectivity index (χ1) is 12.5. The average molecular weight is 358 g/mol. The number of benzene rings is 1. The van der Waals surface area contributed by atoms with Gasteiger partial charge < -0.3 is 0 Å². The molecule has 0 N–H and O–H groups in total. The van der Waals surface area contributed by atoms with Crippen LogP contribution in [-0.4, -0.2) is 28.0 Å². The number of piperidine rings is 1. The van der Waals surface area contributed by atoms with Crippen LogP contribution < -0.4 is 0 Å². The molecule has 1 aromatic heterocycles. The van der Waals surface area contributed by atoms with Gasteiger partial charge in [-0.3, -0.25) is 4.90 Å². The van der Waals surface area contributed by atoms with E-state index in [4.69, 9.17) is 0 Å². The highest BCUT2D eigenvalue weighted by molar-refractivity contribution is 5.56. The van der Waals surface area contributed by atoms with Crippen molar-refractivity contribution in [1.29, 1.82) is 0 Å². The van der Waals surface area contributed by atoms with Gasteiger partial charge in [-0.2, -0.15) is 0 Å². The minimum atomic E-state index is -0.274. The van der Waals surface area contributed by atoms with Crippen LogP contribution in [-0.2, 0) is 6.54 Å². The fourth-order valence-corrected chi connectivity index (χ4v) is 3.42. The summed E-state index contributed by atoms with van der Waals surface area (Å²) in [6, 6.07) is 5.02. The maximum atomic E-state index is 13.9. The Balaban J connectivity index is 0.00000117. The van der Waals surface area contributed by atoms with Gasteiger partial charge in [-0.05, 0) is 56.8 Å². The standard InChI is InChI=1S/C20H26FN3.C2H6/c1-14(2)17-6-8-24(9-7-17)13-16-11-22-20(23-12-16)18-10-15(3)4-5-19(18)21;1-2/h4-5,10-12,14,17H,6-9,13H2,1-3H3;1-2H3. The lowest BCUT2D eigenvalue weighted by atomic mass is 9.87. The van der Waals surface area contributed by atoms with Gasteiger partial charge in [-0.25, -0.2) is 14.4 Å². The highest BCUT2D eigenvalue weighted by Crippen LogP contribution is 2.25. The third-order valence-electron chi connectivity index (χ3n) is 5.05. The van der Waals surface area contributed by atoms with E-state index < -0.39 is 0 Å². The van der Waals surface area contributed by atoms with Crippen molar-refractivity contribution in [3.05, 3.63) is 47.5 Å². The van der Waals surface area contributed by atoms with Crippen LogP contribution in [0.4, 0.5) is 4.39 Å². The van der Waals surface area contributed by atoms with Gasteiger partial charge in [-0.1, -0.05) is 39.3 Å². The molecule has 3 nitrogen and oxygen atoms in total. The summed E-state index contributed by atoms with van der Waals surface area (Å²) in [5.41, 5.74) is 2.57. The number of aryl methyl sites for hydroxylation is 1. The van der Waals surface area contributed by atoms with Crippen molar-refractivity contribution in [2.45, 2.75) is 54.0 Å². The molecule has 2 heterocycles. The molecule has 1 aliphatic rings. The first kappa shape index (κ1) is 20.5. The van der Waals surface area contributed by atoms with Gasteiger partial charge >= 0.3 is 0 Å². The average Bonchev–Trinajstić information content (AvgIpc) is 2.66. The molecule has 1 saturated heterocycles. The van der Waals surface area contributed by atoms with Crippen LogP contribution >= 0.6 is 0 Å².